The van der Waals surface area contributed by atoms with Gasteiger partial charge in [0.1, 0.15) is 0 Å². The zero-order chi connectivity index (χ0) is 102. The molecule has 0 nitrogen and oxygen atoms in total. The summed E-state index contributed by atoms with van der Waals surface area (Å²) in [5.41, 5.74) is 53.3. The summed E-state index contributed by atoms with van der Waals surface area (Å²) in [6.07, 6.45) is 0. The van der Waals surface area contributed by atoms with Gasteiger partial charge in [-0.25, -0.2) is 0 Å². The standard InChI is InChI=1S/6C25H20/c1-19-11-10-18-23(21-14-6-3-7-15-21)25(19)24-17-9-8-16-22(24)20-12-4-2-5-13-20;1-19-11-10-18-24(25(19)21-14-6-3-7-15-21)23-17-9-8-16-22(23)20-12-4-2-5-13-20;1-19-10-8-9-15-25(19)24-17-22(20-11-4-2-5-12-20)16-23(18-24)21-13-6-3-7-14-21;1-19-9-8-14-22(15-19)25-17-23(20-10-4-2-5-11-20)16-24(18-25)21-12-6-3-7-13-21;1-19-16-17-23(21-12-6-3-7-13-21)25(18-19)24-15-9-8-14-22(24)20-10-4-2-5-11-20;1-19-16-17-24(25(18-19)21-12-6-3-7-13-21)23-15-9-8-14-22(23)20-10-4-2-5-11-20/h6*2-18H,1H3. The minimum atomic E-state index is 1.24. The van der Waals surface area contributed by atoms with E-state index in [1.807, 2.05) is 0 Å². The molecule has 0 bridgehead atoms. The molecule has 0 aliphatic rings. The Balaban J connectivity index is 0.000000113. The molecule has 0 atom stereocenters. The first-order valence-corrected chi connectivity index (χ1v) is 51.8. The fraction of sp³-hybridized carbons (Fsp3) is 0.0400. The molecule has 24 aromatic carbocycles. The van der Waals surface area contributed by atoms with Gasteiger partial charge in [0.2, 0.25) is 0 Å². The lowest BCUT2D eigenvalue weighted by atomic mass is 9.87. The van der Waals surface area contributed by atoms with Gasteiger partial charge in [0.05, 0.1) is 0 Å². The van der Waals surface area contributed by atoms with Gasteiger partial charge in [-0.3, -0.25) is 0 Å². The van der Waals surface area contributed by atoms with Gasteiger partial charge in [0.25, 0.3) is 0 Å². The van der Waals surface area contributed by atoms with E-state index >= 15 is 0 Å². The Morgan fingerprint density at radius 1 is 0.0800 bits per heavy atom. The first kappa shape index (κ1) is 100.0. The Morgan fingerprint density at radius 3 is 0.647 bits per heavy atom. The van der Waals surface area contributed by atoms with Gasteiger partial charge in [-0.1, -0.05) is 599 Å². The number of rotatable bonds is 18. The second kappa shape index (κ2) is 49.7. The van der Waals surface area contributed by atoms with Gasteiger partial charge >= 0.3 is 0 Å². The van der Waals surface area contributed by atoms with Crippen molar-refractivity contribution >= 4 is 0 Å². The van der Waals surface area contributed by atoms with Crippen LogP contribution in [0, 0.1) is 41.5 Å². The van der Waals surface area contributed by atoms with E-state index in [-0.39, 0.29) is 0 Å². The lowest BCUT2D eigenvalue weighted by molar-refractivity contribution is 1.45. The summed E-state index contributed by atoms with van der Waals surface area (Å²) < 4.78 is 0. The normalized spacial score (nSPS) is 10.6. The van der Waals surface area contributed by atoms with E-state index in [4.69, 9.17) is 0 Å². The number of hydrogen-bond acceptors (Lipinski definition) is 0. The molecule has 0 saturated carbocycles. The summed E-state index contributed by atoms with van der Waals surface area (Å²) in [5.74, 6) is 0. The first-order chi connectivity index (χ1) is 73.9. The van der Waals surface area contributed by atoms with Crippen LogP contribution < -0.4 is 0 Å². The van der Waals surface area contributed by atoms with Crippen molar-refractivity contribution in [3.05, 3.63) is 652 Å². The predicted molar refractivity (Wildman–Crippen MR) is 645 cm³/mol. The largest absolute Gasteiger partial charge is 0.0622 e. The SMILES string of the molecule is Cc1ccc(-c2ccccc2)c(-c2ccccc2-c2ccccc2)c1.Cc1ccc(-c2ccccc2-c2ccccc2)c(-c2ccccc2)c1.Cc1cccc(-c2cc(-c3ccccc3)cc(-c3ccccc3)c2)c1.Cc1cccc(-c2ccccc2)c1-c1ccccc1-c1ccccc1.Cc1cccc(-c2ccccc2-c2ccccc2)c1-c1ccccc1.Cc1ccccc1-c1cc(-c2ccccc2)cc(-c2ccccc2)c1. The summed E-state index contributed by atoms with van der Waals surface area (Å²) in [6.45, 7) is 13.0. The number of benzene rings is 24. The van der Waals surface area contributed by atoms with E-state index in [1.54, 1.807) is 0 Å². The maximum atomic E-state index is 2.30. The summed E-state index contributed by atoms with van der Waals surface area (Å²) in [7, 11) is 0. The topological polar surface area (TPSA) is 0 Å². The van der Waals surface area contributed by atoms with Gasteiger partial charge in [0, 0.05) is 0 Å². The summed E-state index contributed by atoms with van der Waals surface area (Å²) >= 11 is 0. The van der Waals surface area contributed by atoms with Crippen molar-refractivity contribution < 1.29 is 0 Å². The van der Waals surface area contributed by atoms with Crippen LogP contribution in [0.15, 0.2) is 619 Å². The van der Waals surface area contributed by atoms with Gasteiger partial charge in [0.15, 0.2) is 0 Å². The molecule has 0 amide bonds. The van der Waals surface area contributed by atoms with Crippen LogP contribution in [0.2, 0.25) is 0 Å². The molecule has 0 spiro atoms. The maximum Gasteiger partial charge on any atom is -0.00699 e. The first-order valence-electron chi connectivity index (χ1n) is 51.8. The molecule has 0 N–H and O–H groups in total. The molecule has 0 fully saturated rings. The second-order valence-electron chi connectivity index (χ2n) is 38.0. The lowest BCUT2D eigenvalue weighted by Gasteiger charge is -2.17. The van der Waals surface area contributed by atoms with E-state index in [9.17, 15) is 0 Å². The van der Waals surface area contributed by atoms with Crippen LogP contribution in [0.25, 0.3) is 200 Å². The fourth-order valence-electron chi connectivity index (χ4n) is 20.1. The minimum Gasteiger partial charge on any atom is -0.0622 e. The molecule has 0 heteroatoms. The summed E-state index contributed by atoms with van der Waals surface area (Å²) in [4.78, 5) is 0. The van der Waals surface area contributed by atoms with Crippen LogP contribution in [0.4, 0.5) is 0 Å². The van der Waals surface area contributed by atoms with E-state index in [2.05, 4.69) is 660 Å². The molecule has 0 aliphatic heterocycles. The Labute approximate surface area is 887 Å². The van der Waals surface area contributed by atoms with Crippen LogP contribution in [0.5, 0.6) is 0 Å². The zero-order valence-corrected chi connectivity index (χ0v) is 85.9. The smallest absolute Gasteiger partial charge is 0.00699 e. The van der Waals surface area contributed by atoms with Crippen LogP contribution in [0.3, 0.4) is 0 Å². The summed E-state index contributed by atoms with van der Waals surface area (Å²) in [6, 6.07) is 220. The van der Waals surface area contributed by atoms with Gasteiger partial charge in [-0.15, -0.1) is 0 Å². The average Bonchev–Trinajstić information content (AvgIpc) is 0.798. The molecule has 150 heavy (non-hydrogen) atoms. The highest BCUT2D eigenvalue weighted by Crippen LogP contribution is 2.46. The Hall–Kier alpha value is -18.7. The van der Waals surface area contributed by atoms with E-state index in [0.717, 1.165) is 0 Å². The fourth-order valence-corrected chi connectivity index (χ4v) is 20.1. The molecule has 0 aliphatic carbocycles. The van der Waals surface area contributed by atoms with E-state index in [0.29, 0.717) is 0 Å². The average molecular weight is 1920 g/mol. The third kappa shape index (κ3) is 24.9. The molecule has 0 saturated heterocycles. The summed E-state index contributed by atoms with van der Waals surface area (Å²) in [5, 5.41) is 0. The molecule has 0 radical (unpaired) electrons. The Bertz CT molecular complexity index is 8270. The molecule has 0 unspecified atom stereocenters. The van der Waals surface area contributed by atoms with Crippen molar-refractivity contribution in [2.45, 2.75) is 41.5 Å². The van der Waals surface area contributed by atoms with Crippen molar-refractivity contribution in [2.24, 2.45) is 0 Å². The van der Waals surface area contributed by atoms with E-state index < -0.39 is 0 Å². The zero-order valence-electron chi connectivity index (χ0n) is 85.9. The molecular formula is C150H120. The second-order valence-corrected chi connectivity index (χ2v) is 38.0. The van der Waals surface area contributed by atoms with Crippen molar-refractivity contribution in [3.8, 4) is 200 Å². The van der Waals surface area contributed by atoms with Crippen molar-refractivity contribution in [1.29, 1.82) is 0 Å². The lowest BCUT2D eigenvalue weighted by Crippen LogP contribution is -1.92. The van der Waals surface area contributed by atoms with E-state index in [1.165, 1.54) is 234 Å². The molecular weight excluding hydrogens is 1800 g/mol. The van der Waals surface area contributed by atoms with Gasteiger partial charge in [-0.05, 0) is 295 Å². The van der Waals surface area contributed by atoms with Gasteiger partial charge in [-0.2, -0.15) is 0 Å². The van der Waals surface area contributed by atoms with Crippen LogP contribution in [-0.4, -0.2) is 0 Å². The van der Waals surface area contributed by atoms with Crippen LogP contribution >= 0.6 is 0 Å². The quantitative estimate of drug-likeness (QED) is 0.0803. The van der Waals surface area contributed by atoms with Crippen molar-refractivity contribution in [3.63, 3.8) is 0 Å². The molecule has 720 valence electrons. The highest BCUT2D eigenvalue weighted by Gasteiger charge is 2.21. The number of aryl methyl sites for hydroxylation is 6. The molecule has 0 heterocycles. The predicted octanol–water partition coefficient (Wildman–Crippen LogP) is 42.0. The highest BCUT2D eigenvalue weighted by molar-refractivity contribution is 5.98. The number of hydrogen-bond donors (Lipinski definition) is 0. The maximum absolute atomic E-state index is 2.30. The minimum absolute atomic E-state index is 1.24. The molecule has 0 aromatic heterocycles. The monoisotopic (exact) mass is 1920 g/mol. The Morgan fingerprint density at radius 2 is 0.287 bits per heavy atom. The third-order valence-electron chi connectivity index (χ3n) is 27.5. The van der Waals surface area contributed by atoms with Crippen LogP contribution in [0.1, 0.15) is 33.4 Å². The van der Waals surface area contributed by atoms with Crippen LogP contribution in [-0.2, 0) is 0 Å². The van der Waals surface area contributed by atoms with Crippen molar-refractivity contribution in [1.82, 2.24) is 0 Å². The highest BCUT2D eigenvalue weighted by atomic mass is 14.2. The van der Waals surface area contributed by atoms with Gasteiger partial charge < -0.3 is 0 Å². The molecule has 24 rings (SSSR count). The Kier molecular flexibility index (Phi) is 33.1. The molecule has 24 aromatic rings. The van der Waals surface area contributed by atoms with Crippen molar-refractivity contribution in [2.75, 3.05) is 0 Å². The third-order valence-corrected chi connectivity index (χ3v) is 27.5.